The lowest BCUT2D eigenvalue weighted by Gasteiger charge is -2.17. The largest absolute Gasteiger partial charge is 0.352 e. The molecule has 0 aliphatic heterocycles. The van der Waals surface area contributed by atoms with Crippen LogP contribution in [-0.2, 0) is 11.3 Å². The molecule has 0 spiro atoms. The number of amides is 3. The van der Waals surface area contributed by atoms with Crippen molar-refractivity contribution in [3.8, 4) is 0 Å². The van der Waals surface area contributed by atoms with Crippen LogP contribution in [0.25, 0.3) is 0 Å². The van der Waals surface area contributed by atoms with E-state index in [0.717, 1.165) is 12.0 Å². The minimum absolute atomic E-state index is 0.0732. The predicted molar refractivity (Wildman–Crippen MR) is 79.1 cm³/mol. The predicted octanol–water partition coefficient (Wildman–Crippen LogP) is 1.93. The molecule has 0 heterocycles. The first-order valence-corrected chi connectivity index (χ1v) is 7.01. The van der Waals surface area contributed by atoms with Crippen molar-refractivity contribution in [2.75, 3.05) is 0 Å². The molecule has 0 bridgehead atoms. The second kappa shape index (κ2) is 8.24. The van der Waals surface area contributed by atoms with Crippen LogP contribution < -0.4 is 16.0 Å². The molecule has 5 nitrogen and oxygen atoms in total. The molecular weight excluding hydrogens is 273 g/mol. The Morgan fingerprint density at radius 1 is 1.14 bits per heavy atom. The Morgan fingerprint density at radius 3 is 2.33 bits per heavy atom. The van der Waals surface area contributed by atoms with Crippen LogP contribution in [-0.4, -0.2) is 24.0 Å². The van der Waals surface area contributed by atoms with Crippen molar-refractivity contribution in [3.05, 3.63) is 35.6 Å². The molecule has 0 aliphatic rings. The smallest absolute Gasteiger partial charge is 0.315 e. The first-order chi connectivity index (χ1) is 9.92. The molecule has 2 atom stereocenters. The van der Waals surface area contributed by atoms with Crippen molar-refractivity contribution in [3.63, 3.8) is 0 Å². The third-order valence-corrected chi connectivity index (χ3v) is 3.11. The molecule has 0 aliphatic carbocycles. The monoisotopic (exact) mass is 295 g/mol. The van der Waals surface area contributed by atoms with E-state index in [1.807, 2.05) is 13.8 Å². The number of hydrogen-bond acceptors (Lipinski definition) is 2. The van der Waals surface area contributed by atoms with Crippen LogP contribution in [0.15, 0.2) is 24.3 Å². The summed E-state index contributed by atoms with van der Waals surface area (Å²) < 4.78 is 12.7. The summed E-state index contributed by atoms with van der Waals surface area (Å²) in [5.74, 6) is -0.542. The molecule has 0 aromatic heterocycles. The number of carbonyl (C=O) groups excluding carboxylic acids is 2. The number of carbonyl (C=O) groups is 2. The number of halogens is 1. The lowest BCUT2D eigenvalue weighted by Crippen LogP contribution is -2.49. The van der Waals surface area contributed by atoms with Gasteiger partial charge in [-0.15, -0.1) is 0 Å². The highest BCUT2D eigenvalue weighted by atomic mass is 19.1. The number of benzene rings is 1. The Morgan fingerprint density at radius 2 is 1.76 bits per heavy atom. The van der Waals surface area contributed by atoms with Gasteiger partial charge in [0.25, 0.3) is 0 Å². The summed E-state index contributed by atoms with van der Waals surface area (Å²) in [7, 11) is 0. The summed E-state index contributed by atoms with van der Waals surface area (Å²) in [5, 5.41) is 7.97. The van der Waals surface area contributed by atoms with Crippen LogP contribution in [0.5, 0.6) is 0 Å². The Labute approximate surface area is 124 Å². The van der Waals surface area contributed by atoms with Gasteiger partial charge in [-0.25, -0.2) is 9.18 Å². The van der Waals surface area contributed by atoms with E-state index in [2.05, 4.69) is 16.0 Å². The molecule has 1 aromatic rings. The van der Waals surface area contributed by atoms with Crippen LogP contribution in [0, 0.1) is 5.82 Å². The molecule has 3 amide bonds. The maximum atomic E-state index is 12.7. The maximum Gasteiger partial charge on any atom is 0.315 e. The summed E-state index contributed by atoms with van der Waals surface area (Å²) in [5.41, 5.74) is 0.781. The minimum Gasteiger partial charge on any atom is -0.352 e. The molecule has 1 rings (SSSR count). The van der Waals surface area contributed by atoms with Gasteiger partial charge in [0.15, 0.2) is 0 Å². The molecule has 0 saturated carbocycles. The average molecular weight is 295 g/mol. The van der Waals surface area contributed by atoms with Gasteiger partial charge in [-0.3, -0.25) is 4.79 Å². The lowest BCUT2D eigenvalue weighted by molar-refractivity contribution is -0.123. The van der Waals surface area contributed by atoms with E-state index in [1.165, 1.54) is 12.1 Å². The van der Waals surface area contributed by atoms with E-state index < -0.39 is 12.1 Å². The first kappa shape index (κ1) is 16.9. The molecular formula is C15H22FN3O2. The average Bonchev–Trinajstić information content (AvgIpc) is 2.46. The number of nitrogens with one attached hydrogen (secondary N) is 3. The van der Waals surface area contributed by atoms with Crippen molar-refractivity contribution in [1.29, 1.82) is 0 Å². The normalized spacial score (nSPS) is 13.1. The second-order valence-corrected chi connectivity index (χ2v) is 4.99. The van der Waals surface area contributed by atoms with Gasteiger partial charge < -0.3 is 16.0 Å². The molecule has 0 radical (unpaired) electrons. The van der Waals surface area contributed by atoms with Gasteiger partial charge in [0.2, 0.25) is 5.91 Å². The fraction of sp³-hybridized carbons (Fsp3) is 0.467. The first-order valence-electron chi connectivity index (χ1n) is 7.01. The number of urea groups is 1. The highest BCUT2D eigenvalue weighted by Crippen LogP contribution is 2.01. The maximum absolute atomic E-state index is 12.7. The molecule has 21 heavy (non-hydrogen) atoms. The van der Waals surface area contributed by atoms with Gasteiger partial charge in [-0.2, -0.15) is 0 Å². The molecule has 0 fully saturated rings. The van der Waals surface area contributed by atoms with Crippen molar-refractivity contribution in [2.45, 2.75) is 45.8 Å². The van der Waals surface area contributed by atoms with Crippen LogP contribution in [0.3, 0.4) is 0 Å². The highest BCUT2D eigenvalue weighted by molar-refractivity contribution is 5.86. The van der Waals surface area contributed by atoms with Crippen LogP contribution in [0.2, 0.25) is 0 Å². The fourth-order valence-electron chi connectivity index (χ4n) is 1.57. The summed E-state index contributed by atoms with van der Waals surface area (Å²) in [6.07, 6.45) is 0.829. The zero-order valence-electron chi connectivity index (χ0n) is 12.6. The van der Waals surface area contributed by atoms with E-state index in [4.69, 9.17) is 0 Å². The summed E-state index contributed by atoms with van der Waals surface area (Å²) >= 11 is 0. The van der Waals surface area contributed by atoms with Crippen molar-refractivity contribution < 1.29 is 14.0 Å². The summed E-state index contributed by atoms with van der Waals surface area (Å²) in [4.78, 5) is 23.4. The molecule has 116 valence electrons. The van der Waals surface area contributed by atoms with Gasteiger partial charge in [0.05, 0.1) is 0 Å². The SMILES string of the molecule is CC[C@@H](C)NC(=O)[C@@H](C)NC(=O)NCc1ccc(F)cc1. The summed E-state index contributed by atoms with van der Waals surface area (Å²) in [6, 6.07) is 4.86. The zero-order valence-corrected chi connectivity index (χ0v) is 12.6. The third kappa shape index (κ3) is 6.25. The Kier molecular flexibility index (Phi) is 6.65. The standard InChI is InChI=1S/C15H22FN3O2/c1-4-10(2)18-14(20)11(3)19-15(21)17-9-12-5-7-13(16)8-6-12/h5-8,10-11H,4,9H2,1-3H3,(H,18,20)(H2,17,19,21)/t10-,11-/m1/s1. The van der Waals surface area contributed by atoms with Crippen molar-refractivity contribution >= 4 is 11.9 Å². The van der Waals surface area contributed by atoms with Gasteiger partial charge in [0, 0.05) is 12.6 Å². The van der Waals surface area contributed by atoms with E-state index in [0.29, 0.717) is 0 Å². The van der Waals surface area contributed by atoms with Gasteiger partial charge in [-0.1, -0.05) is 19.1 Å². The van der Waals surface area contributed by atoms with Crippen LogP contribution in [0.4, 0.5) is 9.18 Å². The third-order valence-electron chi connectivity index (χ3n) is 3.11. The number of hydrogen-bond donors (Lipinski definition) is 3. The van der Waals surface area contributed by atoms with E-state index in [9.17, 15) is 14.0 Å². The topological polar surface area (TPSA) is 70.2 Å². The summed E-state index contributed by atoms with van der Waals surface area (Å²) in [6.45, 7) is 5.76. The molecule has 6 heteroatoms. The van der Waals surface area contributed by atoms with E-state index >= 15 is 0 Å². The van der Waals surface area contributed by atoms with Gasteiger partial charge in [0.1, 0.15) is 11.9 Å². The van der Waals surface area contributed by atoms with Crippen molar-refractivity contribution in [2.24, 2.45) is 0 Å². The Bertz CT molecular complexity index is 476. The molecule has 0 saturated heterocycles. The Hall–Kier alpha value is -2.11. The van der Waals surface area contributed by atoms with E-state index in [-0.39, 0.29) is 24.3 Å². The van der Waals surface area contributed by atoms with Crippen LogP contribution in [0.1, 0.15) is 32.8 Å². The van der Waals surface area contributed by atoms with E-state index in [1.54, 1.807) is 19.1 Å². The van der Waals surface area contributed by atoms with Crippen LogP contribution >= 0.6 is 0 Å². The van der Waals surface area contributed by atoms with Gasteiger partial charge >= 0.3 is 6.03 Å². The fourth-order valence-corrected chi connectivity index (χ4v) is 1.57. The lowest BCUT2D eigenvalue weighted by atomic mass is 10.2. The van der Waals surface area contributed by atoms with Gasteiger partial charge in [-0.05, 0) is 38.0 Å². The number of rotatable bonds is 6. The molecule has 1 aromatic carbocycles. The zero-order chi connectivity index (χ0) is 15.8. The molecule has 0 unspecified atom stereocenters. The van der Waals surface area contributed by atoms with Crippen molar-refractivity contribution in [1.82, 2.24) is 16.0 Å². The Balaban J connectivity index is 2.35. The molecule has 3 N–H and O–H groups in total. The quantitative estimate of drug-likeness (QED) is 0.750. The minimum atomic E-state index is -0.618. The highest BCUT2D eigenvalue weighted by Gasteiger charge is 2.16. The second-order valence-electron chi connectivity index (χ2n) is 4.99.